The molecule has 0 aliphatic carbocycles. The van der Waals surface area contributed by atoms with Gasteiger partial charge in [-0.2, -0.15) is 0 Å². The third-order valence-corrected chi connectivity index (χ3v) is 4.75. The Kier molecular flexibility index (Phi) is 5.75. The van der Waals surface area contributed by atoms with Gasteiger partial charge in [0.05, 0.1) is 17.9 Å². The topological polar surface area (TPSA) is 81.9 Å². The molecule has 3 rings (SSSR count). The van der Waals surface area contributed by atoms with E-state index in [-0.39, 0.29) is 11.7 Å². The number of pyridine rings is 1. The van der Waals surface area contributed by atoms with Crippen LogP contribution in [0.2, 0.25) is 5.02 Å². The standard InChI is InChI=1S/C17H16ClN5O2S/c1-23-16(11-3-6-13(25-2)7-4-11)21-22-17(23)26-10-15(24)20-14-8-5-12(18)9-19-14/h3-9H,10H2,1-2H3,(H,19,20,24). The molecule has 0 aliphatic rings. The quantitative estimate of drug-likeness (QED) is 0.651. The average Bonchev–Trinajstić information content (AvgIpc) is 3.02. The van der Waals surface area contributed by atoms with Crippen LogP contribution in [0.1, 0.15) is 0 Å². The van der Waals surface area contributed by atoms with Crippen molar-refractivity contribution in [1.82, 2.24) is 19.7 Å². The number of thioether (sulfide) groups is 1. The summed E-state index contributed by atoms with van der Waals surface area (Å²) in [5, 5.41) is 12.2. The Balaban J connectivity index is 1.62. The Bertz CT molecular complexity index is 897. The predicted molar refractivity (Wildman–Crippen MR) is 102 cm³/mol. The van der Waals surface area contributed by atoms with Crippen molar-refractivity contribution in [3.63, 3.8) is 0 Å². The lowest BCUT2D eigenvalue weighted by atomic mass is 10.2. The Hall–Kier alpha value is -2.58. The number of ether oxygens (including phenoxy) is 1. The first-order chi connectivity index (χ1) is 12.6. The van der Waals surface area contributed by atoms with E-state index in [4.69, 9.17) is 16.3 Å². The first-order valence-electron chi connectivity index (χ1n) is 7.65. The summed E-state index contributed by atoms with van der Waals surface area (Å²) in [4.78, 5) is 16.1. The number of benzene rings is 1. The van der Waals surface area contributed by atoms with Gasteiger partial charge in [0.25, 0.3) is 0 Å². The smallest absolute Gasteiger partial charge is 0.236 e. The van der Waals surface area contributed by atoms with Crippen LogP contribution in [0.3, 0.4) is 0 Å². The highest BCUT2D eigenvalue weighted by Crippen LogP contribution is 2.24. The zero-order valence-corrected chi connectivity index (χ0v) is 15.7. The largest absolute Gasteiger partial charge is 0.497 e. The van der Waals surface area contributed by atoms with E-state index in [0.717, 1.165) is 17.1 Å². The molecule has 0 radical (unpaired) electrons. The second kappa shape index (κ2) is 8.20. The summed E-state index contributed by atoms with van der Waals surface area (Å²) < 4.78 is 7.00. The molecular weight excluding hydrogens is 374 g/mol. The second-order valence-corrected chi connectivity index (χ2v) is 6.67. The number of nitrogens with one attached hydrogen (secondary N) is 1. The zero-order valence-electron chi connectivity index (χ0n) is 14.1. The Morgan fingerprint density at radius 3 is 2.65 bits per heavy atom. The molecule has 0 aliphatic heterocycles. The molecule has 0 bridgehead atoms. The molecule has 134 valence electrons. The number of aromatic nitrogens is 4. The van der Waals surface area contributed by atoms with Crippen LogP contribution in [0.25, 0.3) is 11.4 Å². The number of carbonyl (C=O) groups excluding carboxylic acids is 1. The number of methoxy groups -OCH3 is 1. The van der Waals surface area contributed by atoms with Gasteiger partial charge in [0, 0.05) is 18.8 Å². The minimum absolute atomic E-state index is 0.182. The predicted octanol–water partition coefficient (Wildman–Crippen LogP) is 3.27. The number of nitrogens with zero attached hydrogens (tertiary/aromatic N) is 4. The molecule has 0 spiro atoms. The first-order valence-corrected chi connectivity index (χ1v) is 9.01. The lowest BCUT2D eigenvalue weighted by Gasteiger charge is -2.06. The third kappa shape index (κ3) is 4.33. The fraction of sp³-hybridized carbons (Fsp3) is 0.176. The van der Waals surface area contributed by atoms with Gasteiger partial charge in [0.1, 0.15) is 11.6 Å². The molecule has 0 fully saturated rings. The van der Waals surface area contributed by atoms with Gasteiger partial charge in [-0.1, -0.05) is 23.4 Å². The van der Waals surface area contributed by atoms with E-state index in [2.05, 4.69) is 20.5 Å². The molecule has 0 atom stereocenters. The maximum absolute atomic E-state index is 12.1. The van der Waals surface area contributed by atoms with Crippen molar-refractivity contribution in [1.29, 1.82) is 0 Å². The van der Waals surface area contributed by atoms with Crippen molar-refractivity contribution in [2.45, 2.75) is 5.16 Å². The molecule has 9 heteroatoms. The normalized spacial score (nSPS) is 10.6. The van der Waals surface area contributed by atoms with Crippen LogP contribution in [0, 0.1) is 0 Å². The van der Waals surface area contributed by atoms with Crippen molar-refractivity contribution in [2.75, 3.05) is 18.2 Å². The van der Waals surface area contributed by atoms with Crippen LogP contribution in [0.15, 0.2) is 47.8 Å². The van der Waals surface area contributed by atoms with E-state index in [1.807, 2.05) is 35.9 Å². The molecule has 0 saturated carbocycles. The molecule has 1 N–H and O–H groups in total. The van der Waals surface area contributed by atoms with Crippen molar-refractivity contribution in [3.8, 4) is 17.1 Å². The molecule has 0 saturated heterocycles. The molecule has 1 aromatic carbocycles. The van der Waals surface area contributed by atoms with E-state index in [1.54, 1.807) is 19.2 Å². The third-order valence-electron chi connectivity index (χ3n) is 3.51. The van der Waals surface area contributed by atoms with Gasteiger partial charge in [0.15, 0.2) is 11.0 Å². The van der Waals surface area contributed by atoms with Crippen molar-refractivity contribution in [3.05, 3.63) is 47.6 Å². The van der Waals surface area contributed by atoms with E-state index in [1.165, 1.54) is 18.0 Å². The minimum Gasteiger partial charge on any atom is -0.497 e. The SMILES string of the molecule is COc1ccc(-c2nnc(SCC(=O)Nc3ccc(Cl)cn3)n2C)cc1. The number of carbonyl (C=O) groups is 1. The number of hydrogen-bond acceptors (Lipinski definition) is 6. The molecule has 3 aromatic rings. The highest BCUT2D eigenvalue weighted by Gasteiger charge is 2.13. The fourth-order valence-corrected chi connectivity index (χ4v) is 3.01. The summed E-state index contributed by atoms with van der Waals surface area (Å²) >= 11 is 7.07. The van der Waals surface area contributed by atoms with Crippen LogP contribution in [0.4, 0.5) is 5.82 Å². The molecular formula is C17H16ClN5O2S. The summed E-state index contributed by atoms with van der Waals surface area (Å²) in [6.07, 6.45) is 1.48. The molecule has 0 unspecified atom stereocenters. The number of anilines is 1. The summed E-state index contributed by atoms with van der Waals surface area (Å²) in [6.45, 7) is 0. The fourth-order valence-electron chi connectivity index (χ4n) is 2.19. The van der Waals surface area contributed by atoms with Gasteiger partial charge in [-0.25, -0.2) is 4.98 Å². The van der Waals surface area contributed by atoms with Gasteiger partial charge in [-0.3, -0.25) is 4.79 Å². The van der Waals surface area contributed by atoms with Crippen LogP contribution < -0.4 is 10.1 Å². The Morgan fingerprint density at radius 1 is 1.23 bits per heavy atom. The minimum atomic E-state index is -0.182. The van der Waals surface area contributed by atoms with E-state index in [9.17, 15) is 4.79 Å². The second-order valence-electron chi connectivity index (χ2n) is 5.29. The monoisotopic (exact) mass is 389 g/mol. The lowest BCUT2D eigenvalue weighted by molar-refractivity contribution is -0.113. The van der Waals surface area contributed by atoms with Gasteiger partial charge in [-0.05, 0) is 36.4 Å². The number of halogens is 1. The van der Waals surface area contributed by atoms with E-state index >= 15 is 0 Å². The van der Waals surface area contributed by atoms with Gasteiger partial charge >= 0.3 is 0 Å². The highest BCUT2D eigenvalue weighted by atomic mass is 35.5. The maximum Gasteiger partial charge on any atom is 0.236 e. The molecule has 26 heavy (non-hydrogen) atoms. The van der Waals surface area contributed by atoms with Gasteiger partial charge in [-0.15, -0.1) is 10.2 Å². The van der Waals surface area contributed by atoms with Crippen LogP contribution >= 0.6 is 23.4 Å². The average molecular weight is 390 g/mol. The number of amides is 1. The summed E-state index contributed by atoms with van der Waals surface area (Å²) in [6, 6.07) is 10.9. The lowest BCUT2D eigenvalue weighted by Crippen LogP contribution is -2.15. The maximum atomic E-state index is 12.1. The van der Waals surface area contributed by atoms with Crippen LogP contribution in [-0.2, 0) is 11.8 Å². The van der Waals surface area contributed by atoms with Gasteiger partial charge in [0.2, 0.25) is 5.91 Å². The molecule has 7 nitrogen and oxygen atoms in total. The van der Waals surface area contributed by atoms with Crippen molar-refractivity contribution >= 4 is 35.1 Å². The van der Waals surface area contributed by atoms with Crippen molar-refractivity contribution < 1.29 is 9.53 Å². The Labute approximate surface area is 159 Å². The van der Waals surface area contributed by atoms with E-state index < -0.39 is 0 Å². The Morgan fingerprint density at radius 2 is 2.00 bits per heavy atom. The van der Waals surface area contributed by atoms with E-state index in [0.29, 0.717) is 16.0 Å². The molecule has 2 heterocycles. The van der Waals surface area contributed by atoms with Gasteiger partial charge < -0.3 is 14.6 Å². The first kappa shape index (κ1) is 18.2. The van der Waals surface area contributed by atoms with Crippen molar-refractivity contribution in [2.24, 2.45) is 7.05 Å². The number of hydrogen-bond donors (Lipinski definition) is 1. The summed E-state index contributed by atoms with van der Waals surface area (Å²) in [7, 11) is 3.48. The van der Waals surface area contributed by atoms with Crippen LogP contribution in [-0.4, -0.2) is 38.5 Å². The number of rotatable bonds is 6. The van der Waals surface area contributed by atoms with Crippen LogP contribution in [0.5, 0.6) is 5.75 Å². The molecule has 2 aromatic heterocycles. The summed E-state index contributed by atoms with van der Waals surface area (Å²) in [5.41, 5.74) is 0.919. The zero-order chi connectivity index (χ0) is 18.5. The highest BCUT2D eigenvalue weighted by molar-refractivity contribution is 7.99. The summed E-state index contributed by atoms with van der Waals surface area (Å²) in [5.74, 6) is 1.96. The molecule has 1 amide bonds.